The summed E-state index contributed by atoms with van der Waals surface area (Å²) in [5, 5.41) is 0. The first-order valence-electron chi connectivity index (χ1n) is 7.16. The van der Waals surface area contributed by atoms with Crippen LogP contribution in [0.4, 0.5) is 0 Å². The number of imidazole rings is 1. The van der Waals surface area contributed by atoms with Crippen molar-refractivity contribution >= 4 is 15.9 Å². The van der Waals surface area contributed by atoms with Crippen LogP contribution in [0.3, 0.4) is 0 Å². The molecule has 0 aliphatic carbocycles. The summed E-state index contributed by atoms with van der Waals surface area (Å²) in [6.45, 7) is 9.35. The minimum Gasteiger partial charge on any atom is -0.330 e. The van der Waals surface area contributed by atoms with E-state index in [0.29, 0.717) is 5.92 Å². The molecule has 1 saturated heterocycles. The lowest BCUT2D eigenvalue weighted by atomic mass is 9.99. The molecular weight excluding hydrogens is 290 g/mol. The SMILES string of the molecule is CCN1CCC(c2nc(Br)c3n2CC(C)CC3)C1. The molecule has 0 spiro atoms. The van der Waals surface area contributed by atoms with E-state index in [1.54, 1.807) is 0 Å². The average molecular weight is 312 g/mol. The summed E-state index contributed by atoms with van der Waals surface area (Å²) in [4.78, 5) is 7.36. The van der Waals surface area contributed by atoms with Crippen LogP contribution in [0.1, 0.15) is 44.1 Å². The Morgan fingerprint density at radius 3 is 2.89 bits per heavy atom. The molecule has 1 aromatic rings. The predicted octanol–water partition coefficient (Wildman–Crippen LogP) is 3.04. The Morgan fingerprint density at radius 2 is 2.17 bits per heavy atom. The Hall–Kier alpha value is -0.350. The quantitative estimate of drug-likeness (QED) is 0.837. The minimum absolute atomic E-state index is 0.639. The molecule has 0 bridgehead atoms. The smallest absolute Gasteiger partial charge is 0.127 e. The molecule has 1 fully saturated rings. The number of hydrogen-bond acceptors (Lipinski definition) is 2. The molecule has 2 aliphatic heterocycles. The van der Waals surface area contributed by atoms with Gasteiger partial charge in [-0.2, -0.15) is 0 Å². The first-order chi connectivity index (χ1) is 8.69. The Balaban J connectivity index is 1.89. The van der Waals surface area contributed by atoms with Gasteiger partial charge in [-0.15, -0.1) is 0 Å². The predicted molar refractivity (Wildman–Crippen MR) is 76.9 cm³/mol. The van der Waals surface area contributed by atoms with Crippen LogP contribution < -0.4 is 0 Å². The van der Waals surface area contributed by atoms with E-state index in [-0.39, 0.29) is 0 Å². The van der Waals surface area contributed by atoms with E-state index in [2.05, 4.69) is 39.2 Å². The van der Waals surface area contributed by atoms with Gasteiger partial charge in [-0.25, -0.2) is 4.98 Å². The Kier molecular flexibility index (Phi) is 3.50. The zero-order chi connectivity index (χ0) is 12.7. The lowest BCUT2D eigenvalue weighted by Crippen LogP contribution is -2.23. The molecule has 0 saturated carbocycles. The van der Waals surface area contributed by atoms with Crippen molar-refractivity contribution in [3.63, 3.8) is 0 Å². The number of halogens is 1. The van der Waals surface area contributed by atoms with E-state index in [1.165, 1.54) is 50.4 Å². The van der Waals surface area contributed by atoms with Crippen molar-refractivity contribution < 1.29 is 0 Å². The van der Waals surface area contributed by atoms with Crippen molar-refractivity contribution in [2.24, 2.45) is 5.92 Å². The van der Waals surface area contributed by atoms with E-state index in [0.717, 1.165) is 17.1 Å². The molecule has 0 radical (unpaired) electrons. The van der Waals surface area contributed by atoms with Crippen molar-refractivity contribution in [2.45, 2.75) is 45.6 Å². The van der Waals surface area contributed by atoms with Gasteiger partial charge in [-0.3, -0.25) is 0 Å². The summed E-state index contributed by atoms with van der Waals surface area (Å²) in [6, 6.07) is 0. The van der Waals surface area contributed by atoms with Crippen molar-refractivity contribution in [1.29, 1.82) is 0 Å². The van der Waals surface area contributed by atoms with Gasteiger partial charge in [0.2, 0.25) is 0 Å². The van der Waals surface area contributed by atoms with Crippen LogP contribution in [-0.4, -0.2) is 34.1 Å². The third-order valence-corrected chi connectivity index (χ3v) is 5.14. The fourth-order valence-corrected chi connectivity index (χ4v) is 3.94. The van der Waals surface area contributed by atoms with E-state index in [4.69, 9.17) is 4.98 Å². The molecule has 0 amide bonds. The first-order valence-corrected chi connectivity index (χ1v) is 7.95. The van der Waals surface area contributed by atoms with Gasteiger partial charge in [0, 0.05) is 19.0 Å². The number of likely N-dealkylation sites (tertiary alicyclic amines) is 1. The molecule has 2 atom stereocenters. The summed E-state index contributed by atoms with van der Waals surface area (Å²) < 4.78 is 3.60. The van der Waals surface area contributed by atoms with Gasteiger partial charge in [0.15, 0.2) is 0 Å². The second kappa shape index (κ2) is 4.97. The Morgan fingerprint density at radius 1 is 1.33 bits per heavy atom. The molecule has 3 rings (SSSR count). The standard InChI is InChI=1S/C14H22BrN3/c1-3-17-7-6-11(9-17)14-16-13(15)12-5-4-10(2)8-18(12)14/h10-11H,3-9H2,1-2H3. The van der Waals surface area contributed by atoms with Crippen molar-refractivity contribution in [3.8, 4) is 0 Å². The lowest BCUT2D eigenvalue weighted by Gasteiger charge is -2.24. The largest absolute Gasteiger partial charge is 0.330 e. The average Bonchev–Trinajstić information content (AvgIpc) is 2.94. The summed E-state index contributed by atoms with van der Waals surface area (Å²) in [7, 11) is 0. The first kappa shape index (κ1) is 12.7. The zero-order valence-electron chi connectivity index (χ0n) is 11.3. The van der Waals surface area contributed by atoms with Crippen LogP contribution in [0.5, 0.6) is 0 Å². The molecule has 2 unspecified atom stereocenters. The molecule has 2 aliphatic rings. The van der Waals surface area contributed by atoms with E-state index in [1.807, 2.05) is 0 Å². The molecule has 3 heterocycles. The third-order valence-electron chi connectivity index (χ3n) is 4.51. The van der Waals surface area contributed by atoms with Crippen molar-refractivity contribution in [2.75, 3.05) is 19.6 Å². The monoisotopic (exact) mass is 311 g/mol. The van der Waals surface area contributed by atoms with E-state index in [9.17, 15) is 0 Å². The van der Waals surface area contributed by atoms with Crippen LogP contribution in [0, 0.1) is 5.92 Å². The number of fused-ring (bicyclic) bond motifs is 1. The normalized spacial score (nSPS) is 28.6. The van der Waals surface area contributed by atoms with Crippen LogP contribution >= 0.6 is 15.9 Å². The Labute approximate surface area is 118 Å². The third kappa shape index (κ3) is 2.14. The van der Waals surface area contributed by atoms with Crippen molar-refractivity contribution in [1.82, 2.24) is 14.5 Å². The Bertz CT molecular complexity index is 440. The maximum absolute atomic E-state index is 4.83. The minimum atomic E-state index is 0.639. The van der Waals surface area contributed by atoms with Gasteiger partial charge in [0.25, 0.3) is 0 Å². The highest BCUT2D eigenvalue weighted by Crippen LogP contribution is 2.33. The maximum atomic E-state index is 4.83. The van der Waals surface area contributed by atoms with Gasteiger partial charge in [0.05, 0.1) is 5.69 Å². The summed E-state index contributed by atoms with van der Waals surface area (Å²) in [5.74, 6) is 2.76. The van der Waals surface area contributed by atoms with Crippen LogP contribution in [-0.2, 0) is 13.0 Å². The second-order valence-corrected chi connectivity index (χ2v) is 6.59. The lowest BCUT2D eigenvalue weighted by molar-refractivity contribution is 0.346. The second-order valence-electron chi connectivity index (χ2n) is 5.84. The summed E-state index contributed by atoms with van der Waals surface area (Å²) in [5.41, 5.74) is 1.43. The van der Waals surface area contributed by atoms with Gasteiger partial charge in [-0.05, 0) is 54.2 Å². The molecule has 0 N–H and O–H groups in total. The molecule has 100 valence electrons. The molecule has 1 aromatic heterocycles. The fourth-order valence-electron chi connectivity index (χ4n) is 3.35. The van der Waals surface area contributed by atoms with E-state index < -0.39 is 0 Å². The van der Waals surface area contributed by atoms with Gasteiger partial charge >= 0.3 is 0 Å². The molecule has 3 nitrogen and oxygen atoms in total. The summed E-state index contributed by atoms with van der Waals surface area (Å²) >= 11 is 3.66. The molecular formula is C14H22BrN3. The highest BCUT2D eigenvalue weighted by atomic mass is 79.9. The maximum Gasteiger partial charge on any atom is 0.127 e. The number of likely N-dealkylation sites (N-methyl/N-ethyl adjacent to an activating group) is 1. The van der Waals surface area contributed by atoms with Crippen LogP contribution in [0.2, 0.25) is 0 Å². The van der Waals surface area contributed by atoms with Gasteiger partial charge in [-0.1, -0.05) is 13.8 Å². The van der Waals surface area contributed by atoms with E-state index >= 15 is 0 Å². The highest BCUT2D eigenvalue weighted by molar-refractivity contribution is 9.10. The molecule has 0 aromatic carbocycles. The van der Waals surface area contributed by atoms with Gasteiger partial charge < -0.3 is 9.47 Å². The number of nitrogens with zero attached hydrogens (tertiary/aromatic N) is 3. The topological polar surface area (TPSA) is 21.1 Å². The number of aromatic nitrogens is 2. The van der Waals surface area contributed by atoms with Gasteiger partial charge in [0.1, 0.15) is 10.4 Å². The van der Waals surface area contributed by atoms with Crippen LogP contribution in [0.25, 0.3) is 0 Å². The van der Waals surface area contributed by atoms with Crippen molar-refractivity contribution in [3.05, 3.63) is 16.1 Å². The zero-order valence-corrected chi connectivity index (χ0v) is 12.9. The number of hydrogen-bond donors (Lipinski definition) is 0. The fraction of sp³-hybridized carbons (Fsp3) is 0.786. The van der Waals surface area contributed by atoms with Crippen LogP contribution in [0.15, 0.2) is 4.60 Å². The molecule has 4 heteroatoms. The summed E-state index contributed by atoms with van der Waals surface area (Å²) in [6.07, 6.45) is 3.75. The number of rotatable bonds is 2. The highest BCUT2D eigenvalue weighted by Gasteiger charge is 2.30. The molecule has 18 heavy (non-hydrogen) atoms.